The number of ether oxygens (including phenoxy) is 1. The lowest BCUT2D eigenvalue weighted by atomic mass is 10.0. The van der Waals surface area contributed by atoms with Gasteiger partial charge in [-0.15, -0.1) is 0 Å². The van der Waals surface area contributed by atoms with E-state index in [1.54, 1.807) is 0 Å². The van der Waals surface area contributed by atoms with Crippen molar-refractivity contribution in [2.75, 3.05) is 33.3 Å². The molecule has 114 valence electrons. The first-order chi connectivity index (χ1) is 8.85. The Labute approximate surface area is 118 Å². The molecule has 0 spiro atoms. The Hall–Kier alpha value is -0.610. The van der Waals surface area contributed by atoms with Crippen LogP contribution < -0.4 is 5.32 Å². The first kappa shape index (κ1) is 18.4. The van der Waals surface area contributed by atoms with Crippen LogP contribution in [0.1, 0.15) is 47.5 Å². The van der Waals surface area contributed by atoms with Crippen molar-refractivity contribution in [1.29, 1.82) is 0 Å². The Kier molecular flexibility index (Phi) is 9.02. The molecule has 0 bridgehead atoms. The molecule has 0 heterocycles. The van der Waals surface area contributed by atoms with Crippen LogP contribution in [0.2, 0.25) is 0 Å². The number of nitrogens with one attached hydrogen (secondary N) is 1. The number of carbonyl (C=O) groups is 1. The minimum Gasteiger partial charge on any atom is -0.465 e. The van der Waals surface area contributed by atoms with Gasteiger partial charge in [-0.2, -0.15) is 0 Å². The van der Waals surface area contributed by atoms with E-state index < -0.39 is 5.54 Å². The highest BCUT2D eigenvalue weighted by molar-refractivity contribution is 5.80. The molecule has 0 aliphatic heterocycles. The number of hydrogen-bond acceptors (Lipinski definition) is 4. The molecule has 0 aromatic heterocycles. The monoisotopic (exact) mass is 272 g/mol. The molecule has 0 rings (SSSR count). The van der Waals surface area contributed by atoms with E-state index in [1.807, 2.05) is 13.8 Å². The lowest BCUT2D eigenvalue weighted by Gasteiger charge is -2.33. The van der Waals surface area contributed by atoms with Crippen LogP contribution in [0.4, 0.5) is 0 Å². The summed E-state index contributed by atoms with van der Waals surface area (Å²) in [5.74, 6) is 0.528. The van der Waals surface area contributed by atoms with Crippen LogP contribution in [-0.4, -0.2) is 49.7 Å². The molecule has 0 aliphatic rings. The molecule has 0 saturated heterocycles. The SMILES string of the molecule is CCCNC(C)(CN(C)CCC(C)C)C(=O)OCC. The van der Waals surface area contributed by atoms with Crippen LogP contribution >= 0.6 is 0 Å². The molecule has 0 amide bonds. The van der Waals surface area contributed by atoms with E-state index >= 15 is 0 Å². The van der Waals surface area contributed by atoms with Crippen LogP contribution in [0.15, 0.2) is 0 Å². The fourth-order valence-corrected chi connectivity index (χ4v) is 1.98. The summed E-state index contributed by atoms with van der Waals surface area (Å²) in [6.07, 6.45) is 2.15. The van der Waals surface area contributed by atoms with Gasteiger partial charge >= 0.3 is 5.97 Å². The molecule has 0 saturated carbocycles. The molecular weight excluding hydrogens is 240 g/mol. The lowest BCUT2D eigenvalue weighted by Crippen LogP contribution is -2.57. The third kappa shape index (κ3) is 7.53. The first-order valence-electron chi connectivity index (χ1n) is 7.46. The molecule has 0 fully saturated rings. The van der Waals surface area contributed by atoms with Gasteiger partial charge < -0.3 is 15.0 Å². The van der Waals surface area contributed by atoms with Crippen molar-refractivity contribution in [3.05, 3.63) is 0 Å². The maximum Gasteiger partial charge on any atom is 0.327 e. The first-order valence-corrected chi connectivity index (χ1v) is 7.46. The third-order valence-electron chi connectivity index (χ3n) is 3.17. The van der Waals surface area contributed by atoms with Crippen LogP contribution in [0.25, 0.3) is 0 Å². The van der Waals surface area contributed by atoms with E-state index in [1.165, 1.54) is 0 Å². The van der Waals surface area contributed by atoms with Gasteiger partial charge in [0.15, 0.2) is 0 Å². The zero-order chi connectivity index (χ0) is 14.9. The van der Waals surface area contributed by atoms with Gasteiger partial charge in [-0.25, -0.2) is 0 Å². The van der Waals surface area contributed by atoms with Crippen LogP contribution in [0.5, 0.6) is 0 Å². The minimum atomic E-state index is -0.613. The van der Waals surface area contributed by atoms with Gasteiger partial charge in [-0.3, -0.25) is 4.79 Å². The smallest absolute Gasteiger partial charge is 0.327 e. The summed E-state index contributed by atoms with van der Waals surface area (Å²) in [5, 5.41) is 3.33. The summed E-state index contributed by atoms with van der Waals surface area (Å²) < 4.78 is 5.20. The topological polar surface area (TPSA) is 41.6 Å². The van der Waals surface area contributed by atoms with E-state index in [0.29, 0.717) is 19.1 Å². The predicted octanol–water partition coefficient (Wildman–Crippen LogP) is 2.29. The second kappa shape index (κ2) is 9.32. The summed E-state index contributed by atoms with van der Waals surface area (Å²) in [6, 6.07) is 0. The summed E-state index contributed by atoms with van der Waals surface area (Å²) in [6.45, 7) is 13.2. The van der Waals surface area contributed by atoms with Crippen LogP contribution in [-0.2, 0) is 9.53 Å². The maximum absolute atomic E-state index is 12.1. The number of carbonyl (C=O) groups excluding carboxylic acids is 1. The van der Waals surface area contributed by atoms with Gasteiger partial charge in [-0.1, -0.05) is 20.8 Å². The molecule has 0 aromatic rings. The van der Waals surface area contributed by atoms with E-state index in [9.17, 15) is 4.79 Å². The number of esters is 1. The maximum atomic E-state index is 12.1. The van der Waals surface area contributed by atoms with Crippen LogP contribution in [0.3, 0.4) is 0 Å². The minimum absolute atomic E-state index is 0.153. The summed E-state index contributed by atoms with van der Waals surface area (Å²) >= 11 is 0. The highest BCUT2D eigenvalue weighted by atomic mass is 16.5. The zero-order valence-corrected chi connectivity index (χ0v) is 13.6. The number of likely N-dealkylation sites (N-methyl/N-ethyl adjacent to an activating group) is 1. The molecule has 4 heteroatoms. The summed E-state index contributed by atoms with van der Waals surface area (Å²) in [7, 11) is 2.06. The Morgan fingerprint density at radius 2 is 2.00 bits per heavy atom. The fraction of sp³-hybridized carbons (Fsp3) is 0.933. The third-order valence-corrected chi connectivity index (χ3v) is 3.17. The van der Waals surface area contributed by atoms with Gasteiger partial charge in [0.2, 0.25) is 0 Å². The number of rotatable bonds is 10. The largest absolute Gasteiger partial charge is 0.465 e. The fourth-order valence-electron chi connectivity index (χ4n) is 1.98. The summed E-state index contributed by atoms with van der Waals surface area (Å²) in [5.41, 5.74) is -0.613. The quantitative estimate of drug-likeness (QED) is 0.620. The van der Waals surface area contributed by atoms with Crippen molar-refractivity contribution in [1.82, 2.24) is 10.2 Å². The molecule has 0 aliphatic carbocycles. The van der Waals surface area contributed by atoms with Crippen molar-refractivity contribution in [3.8, 4) is 0 Å². The average Bonchev–Trinajstić information content (AvgIpc) is 2.34. The highest BCUT2D eigenvalue weighted by Crippen LogP contribution is 2.11. The molecule has 1 unspecified atom stereocenters. The second-order valence-electron chi connectivity index (χ2n) is 5.90. The molecule has 0 aromatic carbocycles. The van der Waals surface area contributed by atoms with Crippen molar-refractivity contribution in [3.63, 3.8) is 0 Å². The normalized spacial score (nSPS) is 14.7. The number of hydrogen-bond donors (Lipinski definition) is 1. The van der Waals surface area contributed by atoms with Gasteiger partial charge in [0.05, 0.1) is 6.61 Å². The van der Waals surface area contributed by atoms with Gasteiger partial charge in [-0.05, 0) is 52.7 Å². The Bertz CT molecular complexity index is 257. The van der Waals surface area contributed by atoms with E-state index in [2.05, 4.69) is 38.0 Å². The number of nitrogens with zero attached hydrogens (tertiary/aromatic N) is 1. The molecule has 1 N–H and O–H groups in total. The van der Waals surface area contributed by atoms with Crippen molar-refractivity contribution in [2.45, 2.75) is 53.0 Å². The molecular formula is C15H32N2O2. The van der Waals surface area contributed by atoms with Crippen LogP contribution in [0, 0.1) is 5.92 Å². The van der Waals surface area contributed by atoms with Crippen molar-refractivity contribution < 1.29 is 9.53 Å². The van der Waals surface area contributed by atoms with Gasteiger partial charge in [0, 0.05) is 6.54 Å². The standard InChI is InChI=1S/C15H32N2O2/c1-7-10-16-15(5,14(18)19-8-2)12-17(6)11-9-13(3)4/h13,16H,7-12H2,1-6H3. The van der Waals surface area contributed by atoms with Gasteiger partial charge in [0.25, 0.3) is 0 Å². The zero-order valence-electron chi connectivity index (χ0n) is 13.6. The Balaban J connectivity index is 4.51. The lowest BCUT2D eigenvalue weighted by molar-refractivity contribution is -0.151. The molecule has 19 heavy (non-hydrogen) atoms. The van der Waals surface area contributed by atoms with Crippen molar-refractivity contribution in [2.24, 2.45) is 5.92 Å². The van der Waals surface area contributed by atoms with Crippen molar-refractivity contribution >= 4 is 5.97 Å². The molecule has 1 atom stereocenters. The highest BCUT2D eigenvalue weighted by Gasteiger charge is 2.35. The Morgan fingerprint density at radius 1 is 1.37 bits per heavy atom. The van der Waals surface area contributed by atoms with E-state index in [4.69, 9.17) is 4.74 Å². The second-order valence-corrected chi connectivity index (χ2v) is 5.90. The molecule has 0 radical (unpaired) electrons. The Morgan fingerprint density at radius 3 is 2.47 bits per heavy atom. The predicted molar refractivity (Wildman–Crippen MR) is 80.3 cm³/mol. The average molecular weight is 272 g/mol. The van der Waals surface area contributed by atoms with E-state index in [-0.39, 0.29) is 5.97 Å². The molecule has 4 nitrogen and oxygen atoms in total. The van der Waals surface area contributed by atoms with E-state index in [0.717, 1.165) is 25.9 Å². The van der Waals surface area contributed by atoms with Gasteiger partial charge in [0.1, 0.15) is 5.54 Å². The summed E-state index contributed by atoms with van der Waals surface area (Å²) in [4.78, 5) is 14.3.